The van der Waals surface area contributed by atoms with Gasteiger partial charge < -0.3 is 18.9 Å². The first-order chi connectivity index (χ1) is 19.7. The number of nitrogens with zero attached hydrogens (tertiary/aromatic N) is 8. The van der Waals surface area contributed by atoms with Crippen molar-refractivity contribution >= 4 is 24.9 Å². The third-order valence-corrected chi connectivity index (χ3v) is 9.03. The lowest BCUT2D eigenvalue weighted by molar-refractivity contribution is 0.0911. The third-order valence-electron chi connectivity index (χ3n) is 7.33. The van der Waals surface area contributed by atoms with Crippen molar-refractivity contribution in [2.75, 3.05) is 37.8 Å². The van der Waals surface area contributed by atoms with Crippen LogP contribution in [0.3, 0.4) is 0 Å². The SMILES string of the molecule is Cc1cccc(-c2ccn(-c3nc(N4CCOCC4)c4c(cc(-c5ccn(C)n5)n4COCC[Si](C)(C)C)n3)n2)c1. The summed E-state index contributed by atoms with van der Waals surface area (Å²) in [5.74, 6) is 1.39. The molecule has 1 saturated heterocycles. The number of hydrogen-bond acceptors (Lipinski definition) is 7. The molecule has 0 N–H and O–H groups in total. The fourth-order valence-electron chi connectivity index (χ4n) is 5.06. The molecule has 0 spiro atoms. The van der Waals surface area contributed by atoms with Crippen LogP contribution in [0.15, 0.2) is 54.9 Å². The zero-order valence-electron chi connectivity index (χ0n) is 24.5. The van der Waals surface area contributed by atoms with E-state index in [4.69, 9.17) is 29.6 Å². The van der Waals surface area contributed by atoms with Crippen LogP contribution in [0.1, 0.15) is 5.56 Å². The molecule has 0 bridgehead atoms. The van der Waals surface area contributed by atoms with E-state index in [1.54, 1.807) is 4.68 Å². The van der Waals surface area contributed by atoms with Crippen molar-refractivity contribution in [2.45, 2.75) is 39.3 Å². The fraction of sp³-hybridized carbons (Fsp3) is 0.400. The second kappa shape index (κ2) is 11.2. The standard InChI is InChI=1S/C30H38N8O2Si/c1-22-7-6-8-23(19-22)24-10-12-38(34-24)30-31-26-20-27(25-9-11-35(2)33-25)37(21-40-17-18-41(3,4)5)28(26)29(32-30)36-13-15-39-16-14-36/h6-12,19-20H,13-18,21H2,1-5H3. The molecule has 10 nitrogen and oxygen atoms in total. The minimum absolute atomic E-state index is 0.402. The van der Waals surface area contributed by atoms with Crippen LogP contribution in [0.25, 0.3) is 39.6 Å². The Morgan fingerprint density at radius 1 is 0.951 bits per heavy atom. The lowest BCUT2D eigenvalue weighted by Gasteiger charge is -2.29. The Kier molecular flexibility index (Phi) is 7.50. The van der Waals surface area contributed by atoms with Gasteiger partial charge in [0.25, 0.3) is 5.95 Å². The second-order valence-electron chi connectivity index (χ2n) is 11.9. The van der Waals surface area contributed by atoms with Gasteiger partial charge in [-0.2, -0.15) is 15.2 Å². The van der Waals surface area contributed by atoms with Crippen LogP contribution in [0, 0.1) is 6.92 Å². The molecule has 0 amide bonds. The van der Waals surface area contributed by atoms with E-state index in [0.29, 0.717) is 25.9 Å². The van der Waals surface area contributed by atoms with Crippen molar-refractivity contribution in [3.8, 4) is 28.6 Å². The first-order valence-electron chi connectivity index (χ1n) is 14.2. The molecule has 41 heavy (non-hydrogen) atoms. The van der Waals surface area contributed by atoms with Gasteiger partial charge in [0.1, 0.15) is 17.9 Å². The van der Waals surface area contributed by atoms with E-state index in [2.05, 4.69) is 66.4 Å². The maximum absolute atomic E-state index is 6.30. The topological polar surface area (TPSA) is 88.0 Å². The van der Waals surface area contributed by atoms with Gasteiger partial charge in [-0.15, -0.1) is 0 Å². The predicted octanol–water partition coefficient (Wildman–Crippen LogP) is 5.14. The summed E-state index contributed by atoms with van der Waals surface area (Å²) in [5.41, 5.74) is 6.74. The van der Waals surface area contributed by atoms with Crippen molar-refractivity contribution in [1.29, 1.82) is 0 Å². The van der Waals surface area contributed by atoms with Crippen molar-refractivity contribution < 1.29 is 9.47 Å². The zero-order chi connectivity index (χ0) is 28.6. The zero-order valence-corrected chi connectivity index (χ0v) is 25.5. The van der Waals surface area contributed by atoms with Crippen LogP contribution in [-0.2, 0) is 23.3 Å². The van der Waals surface area contributed by atoms with Gasteiger partial charge in [0.2, 0.25) is 0 Å². The lowest BCUT2D eigenvalue weighted by atomic mass is 10.1. The van der Waals surface area contributed by atoms with Crippen LogP contribution in [0.2, 0.25) is 25.7 Å². The molecule has 0 radical (unpaired) electrons. The van der Waals surface area contributed by atoms with Gasteiger partial charge in [-0.25, -0.2) is 9.67 Å². The Morgan fingerprint density at radius 3 is 2.49 bits per heavy atom. The van der Waals surface area contributed by atoms with Crippen LogP contribution in [0.4, 0.5) is 5.82 Å². The van der Waals surface area contributed by atoms with Crippen LogP contribution in [-0.4, -0.2) is 75.1 Å². The minimum Gasteiger partial charge on any atom is -0.378 e. The largest absolute Gasteiger partial charge is 0.378 e. The van der Waals surface area contributed by atoms with Gasteiger partial charge in [-0.3, -0.25) is 4.68 Å². The normalized spacial score (nSPS) is 14.3. The lowest BCUT2D eigenvalue weighted by Crippen LogP contribution is -2.37. The Hall–Kier alpha value is -3.80. The number of anilines is 1. The Balaban J connectivity index is 1.46. The first kappa shape index (κ1) is 27.4. The maximum atomic E-state index is 6.30. The molecule has 11 heteroatoms. The van der Waals surface area contributed by atoms with Crippen molar-refractivity contribution in [3.05, 3.63) is 60.4 Å². The average Bonchev–Trinajstić information content (AvgIpc) is 3.69. The predicted molar refractivity (Wildman–Crippen MR) is 164 cm³/mol. The molecule has 0 aliphatic carbocycles. The fourth-order valence-corrected chi connectivity index (χ4v) is 5.82. The van der Waals surface area contributed by atoms with Gasteiger partial charge >= 0.3 is 0 Å². The highest BCUT2D eigenvalue weighted by Crippen LogP contribution is 2.33. The number of hydrogen-bond donors (Lipinski definition) is 0. The summed E-state index contributed by atoms with van der Waals surface area (Å²) >= 11 is 0. The molecule has 0 unspecified atom stereocenters. The molecular weight excluding hydrogens is 532 g/mol. The Labute approximate surface area is 241 Å². The molecule has 5 aromatic rings. The number of ether oxygens (including phenoxy) is 2. The highest BCUT2D eigenvalue weighted by molar-refractivity contribution is 6.76. The number of aryl methyl sites for hydroxylation is 2. The summed E-state index contributed by atoms with van der Waals surface area (Å²) in [6.45, 7) is 13.1. The summed E-state index contributed by atoms with van der Waals surface area (Å²) in [6, 6.07) is 15.6. The number of aromatic nitrogens is 7. The Morgan fingerprint density at radius 2 is 1.76 bits per heavy atom. The van der Waals surface area contributed by atoms with Crippen LogP contribution >= 0.6 is 0 Å². The van der Waals surface area contributed by atoms with Crippen molar-refractivity contribution in [1.82, 2.24) is 34.1 Å². The number of rotatable bonds is 9. The van der Waals surface area contributed by atoms with E-state index in [1.165, 1.54) is 5.56 Å². The molecule has 5 heterocycles. The number of benzene rings is 1. The van der Waals surface area contributed by atoms with Crippen molar-refractivity contribution in [2.24, 2.45) is 7.05 Å². The minimum atomic E-state index is -1.22. The molecule has 214 valence electrons. The van der Waals surface area contributed by atoms with Gasteiger partial charge in [0.15, 0.2) is 5.82 Å². The van der Waals surface area contributed by atoms with E-state index in [9.17, 15) is 0 Å². The van der Waals surface area contributed by atoms with Crippen LogP contribution in [0.5, 0.6) is 0 Å². The highest BCUT2D eigenvalue weighted by atomic mass is 28.3. The maximum Gasteiger partial charge on any atom is 0.253 e. The van der Waals surface area contributed by atoms with Crippen molar-refractivity contribution in [3.63, 3.8) is 0 Å². The second-order valence-corrected chi connectivity index (χ2v) is 17.5. The van der Waals surface area contributed by atoms with Gasteiger partial charge in [0.05, 0.1) is 30.1 Å². The molecule has 1 fully saturated rings. The molecule has 1 aliphatic heterocycles. The molecule has 0 atom stereocenters. The monoisotopic (exact) mass is 570 g/mol. The summed E-state index contributed by atoms with van der Waals surface area (Å²) in [5, 5.41) is 9.58. The van der Waals surface area contributed by atoms with Crippen LogP contribution < -0.4 is 4.90 Å². The third kappa shape index (κ3) is 5.97. The smallest absolute Gasteiger partial charge is 0.253 e. The molecule has 4 aromatic heterocycles. The summed E-state index contributed by atoms with van der Waals surface area (Å²) < 4.78 is 17.7. The quantitative estimate of drug-likeness (QED) is 0.179. The first-order valence-corrected chi connectivity index (χ1v) is 17.9. The van der Waals surface area contributed by atoms with Gasteiger partial charge in [-0.1, -0.05) is 43.4 Å². The molecule has 6 rings (SSSR count). The van der Waals surface area contributed by atoms with E-state index in [0.717, 1.165) is 65.2 Å². The molecular formula is C30H38N8O2Si. The van der Waals surface area contributed by atoms with Gasteiger partial charge in [0, 0.05) is 52.8 Å². The average molecular weight is 571 g/mol. The van der Waals surface area contributed by atoms with E-state index < -0.39 is 8.07 Å². The van der Waals surface area contributed by atoms with E-state index in [-0.39, 0.29) is 0 Å². The summed E-state index contributed by atoms with van der Waals surface area (Å²) in [6.07, 6.45) is 3.89. The molecule has 1 aliphatic rings. The van der Waals surface area contributed by atoms with E-state index >= 15 is 0 Å². The molecule has 1 aromatic carbocycles. The summed E-state index contributed by atoms with van der Waals surface area (Å²) in [7, 11) is 0.710. The summed E-state index contributed by atoms with van der Waals surface area (Å²) in [4.78, 5) is 12.4. The highest BCUT2D eigenvalue weighted by Gasteiger charge is 2.25. The Bertz CT molecular complexity index is 1660. The van der Waals surface area contributed by atoms with Gasteiger partial charge in [-0.05, 0) is 37.2 Å². The van der Waals surface area contributed by atoms with E-state index in [1.807, 2.05) is 36.3 Å². The number of fused-ring (bicyclic) bond motifs is 1. The molecule has 0 saturated carbocycles. The number of morpholine rings is 1.